The molecule has 1 amide bonds. The van der Waals surface area contributed by atoms with Gasteiger partial charge in [0.2, 0.25) is 5.91 Å². The molecule has 1 N–H and O–H groups in total. The highest BCUT2D eigenvalue weighted by Gasteiger charge is 1.98. The molecule has 0 aromatic rings. The maximum absolute atomic E-state index is 11.0. The number of hydrogen-bond donors (Lipinski definition) is 1. The molecular weight excluding hydrogens is 170 g/mol. The van der Waals surface area contributed by atoms with Crippen LogP contribution in [0.5, 0.6) is 0 Å². The molecule has 0 rings (SSSR count). The number of amides is 1. The standard InChI is InChI=1S/C9H17NO3/c1-2-13-8-6-10-9(12)5-3-4-7-11/h7H,2-6,8H2,1H3,(H,10,12). The lowest BCUT2D eigenvalue weighted by Crippen LogP contribution is -2.26. The van der Waals surface area contributed by atoms with Crippen LogP contribution in [0.4, 0.5) is 0 Å². The molecule has 0 bridgehead atoms. The van der Waals surface area contributed by atoms with Crippen LogP contribution in [0.3, 0.4) is 0 Å². The van der Waals surface area contributed by atoms with Crippen molar-refractivity contribution in [1.82, 2.24) is 5.32 Å². The number of hydrogen-bond acceptors (Lipinski definition) is 3. The quantitative estimate of drug-likeness (QED) is 0.445. The minimum Gasteiger partial charge on any atom is -0.380 e. The third-order valence-electron chi connectivity index (χ3n) is 1.50. The van der Waals surface area contributed by atoms with Crippen LogP contribution in [0, 0.1) is 0 Å². The van der Waals surface area contributed by atoms with Crippen LogP contribution in [0.25, 0.3) is 0 Å². The van der Waals surface area contributed by atoms with Crippen molar-refractivity contribution < 1.29 is 14.3 Å². The van der Waals surface area contributed by atoms with Crippen molar-refractivity contribution in [3.8, 4) is 0 Å². The second kappa shape index (κ2) is 9.19. The zero-order valence-corrected chi connectivity index (χ0v) is 8.04. The summed E-state index contributed by atoms with van der Waals surface area (Å²) in [6, 6.07) is 0. The molecule has 0 aromatic heterocycles. The van der Waals surface area contributed by atoms with Gasteiger partial charge < -0.3 is 14.8 Å². The molecule has 0 aliphatic rings. The van der Waals surface area contributed by atoms with Crippen LogP contribution in [0.15, 0.2) is 0 Å². The Bertz CT molecular complexity index is 148. The van der Waals surface area contributed by atoms with E-state index in [1.807, 2.05) is 6.92 Å². The molecule has 0 heterocycles. The van der Waals surface area contributed by atoms with Gasteiger partial charge in [-0.15, -0.1) is 0 Å². The van der Waals surface area contributed by atoms with Gasteiger partial charge in [-0.1, -0.05) is 0 Å². The summed E-state index contributed by atoms with van der Waals surface area (Å²) in [6.45, 7) is 3.68. The molecule has 0 atom stereocenters. The van der Waals surface area contributed by atoms with E-state index >= 15 is 0 Å². The van der Waals surface area contributed by atoms with Crippen molar-refractivity contribution in [1.29, 1.82) is 0 Å². The lowest BCUT2D eigenvalue weighted by molar-refractivity contribution is -0.121. The highest BCUT2D eigenvalue weighted by molar-refractivity contribution is 5.76. The summed E-state index contributed by atoms with van der Waals surface area (Å²) in [4.78, 5) is 20.9. The van der Waals surface area contributed by atoms with E-state index in [1.165, 1.54) is 0 Å². The van der Waals surface area contributed by atoms with Gasteiger partial charge in [0.25, 0.3) is 0 Å². The fourth-order valence-electron chi connectivity index (χ4n) is 0.841. The average Bonchev–Trinajstić information content (AvgIpc) is 2.13. The Labute approximate surface area is 78.6 Å². The molecule has 0 saturated carbocycles. The first-order chi connectivity index (χ1) is 6.31. The fourth-order valence-corrected chi connectivity index (χ4v) is 0.841. The molecule has 0 saturated heterocycles. The van der Waals surface area contributed by atoms with Gasteiger partial charge >= 0.3 is 0 Å². The van der Waals surface area contributed by atoms with E-state index in [2.05, 4.69) is 5.32 Å². The van der Waals surface area contributed by atoms with Crippen LogP contribution in [-0.4, -0.2) is 32.0 Å². The first-order valence-corrected chi connectivity index (χ1v) is 4.59. The van der Waals surface area contributed by atoms with Gasteiger partial charge in [0, 0.05) is 26.0 Å². The topological polar surface area (TPSA) is 55.4 Å². The summed E-state index contributed by atoms with van der Waals surface area (Å²) in [5.41, 5.74) is 0. The Balaban J connectivity index is 3.15. The second-order valence-corrected chi connectivity index (χ2v) is 2.61. The molecule has 0 aliphatic carbocycles. The highest BCUT2D eigenvalue weighted by atomic mass is 16.5. The normalized spacial score (nSPS) is 9.62. The van der Waals surface area contributed by atoms with Crippen molar-refractivity contribution in [3.63, 3.8) is 0 Å². The van der Waals surface area contributed by atoms with E-state index in [1.54, 1.807) is 0 Å². The fraction of sp³-hybridized carbons (Fsp3) is 0.778. The molecule has 0 spiro atoms. The molecule has 4 heteroatoms. The number of carbonyl (C=O) groups excluding carboxylic acids is 2. The highest BCUT2D eigenvalue weighted by Crippen LogP contribution is 1.91. The van der Waals surface area contributed by atoms with E-state index in [9.17, 15) is 9.59 Å². The Morgan fingerprint density at radius 3 is 2.92 bits per heavy atom. The third-order valence-corrected chi connectivity index (χ3v) is 1.50. The van der Waals surface area contributed by atoms with Crippen LogP contribution < -0.4 is 5.32 Å². The number of nitrogens with one attached hydrogen (secondary N) is 1. The van der Waals surface area contributed by atoms with E-state index in [0.717, 1.165) is 6.29 Å². The SMILES string of the molecule is CCOCCNC(=O)CCCC=O. The van der Waals surface area contributed by atoms with Crippen molar-refractivity contribution in [2.24, 2.45) is 0 Å². The summed E-state index contributed by atoms with van der Waals surface area (Å²) in [6.07, 6.45) is 2.33. The lowest BCUT2D eigenvalue weighted by atomic mass is 10.2. The van der Waals surface area contributed by atoms with E-state index < -0.39 is 0 Å². The minimum atomic E-state index is -0.0125. The zero-order valence-electron chi connectivity index (χ0n) is 8.04. The molecule has 0 aliphatic heterocycles. The summed E-state index contributed by atoms with van der Waals surface area (Å²) in [5, 5.41) is 2.70. The zero-order chi connectivity index (χ0) is 9.94. The summed E-state index contributed by atoms with van der Waals surface area (Å²) in [7, 11) is 0. The number of unbranched alkanes of at least 4 members (excludes halogenated alkanes) is 1. The Hall–Kier alpha value is -0.900. The molecule has 0 radical (unpaired) electrons. The molecular formula is C9H17NO3. The van der Waals surface area contributed by atoms with Gasteiger partial charge in [0.05, 0.1) is 6.61 Å². The van der Waals surface area contributed by atoms with Crippen molar-refractivity contribution in [3.05, 3.63) is 0 Å². The van der Waals surface area contributed by atoms with Gasteiger partial charge in [-0.25, -0.2) is 0 Å². The van der Waals surface area contributed by atoms with Crippen molar-refractivity contribution >= 4 is 12.2 Å². The maximum atomic E-state index is 11.0. The molecule has 0 aromatic carbocycles. The first-order valence-electron chi connectivity index (χ1n) is 4.59. The van der Waals surface area contributed by atoms with Gasteiger partial charge in [-0.3, -0.25) is 4.79 Å². The molecule has 13 heavy (non-hydrogen) atoms. The van der Waals surface area contributed by atoms with Gasteiger partial charge in [0.1, 0.15) is 6.29 Å². The summed E-state index contributed by atoms with van der Waals surface area (Å²) < 4.78 is 5.04. The number of rotatable bonds is 8. The Morgan fingerprint density at radius 1 is 1.54 bits per heavy atom. The van der Waals surface area contributed by atoms with E-state index in [4.69, 9.17) is 4.74 Å². The smallest absolute Gasteiger partial charge is 0.220 e. The first kappa shape index (κ1) is 12.1. The number of carbonyl (C=O) groups is 2. The third kappa shape index (κ3) is 9.01. The van der Waals surface area contributed by atoms with Crippen LogP contribution in [-0.2, 0) is 14.3 Å². The minimum absolute atomic E-state index is 0.0125. The summed E-state index contributed by atoms with van der Waals surface area (Å²) in [5.74, 6) is -0.0125. The van der Waals surface area contributed by atoms with Crippen LogP contribution in [0.2, 0.25) is 0 Å². The average molecular weight is 187 g/mol. The van der Waals surface area contributed by atoms with Gasteiger partial charge in [-0.2, -0.15) is 0 Å². The monoisotopic (exact) mass is 187 g/mol. The van der Waals surface area contributed by atoms with Crippen molar-refractivity contribution in [2.75, 3.05) is 19.8 Å². The van der Waals surface area contributed by atoms with Gasteiger partial charge in [-0.05, 0) is 13.3 Å². The largest absolute Gasteiger partial charge is 0.380 e. The van der Waals surface area contributed by atoms with E-state index in [-0.39, 0.29) is 5.91 Å². The molecule has 4 nitrogen and oxygen atoms in total. The van der Waals surface area contributed by atoms with Crippen LogP contribution >= 0.6 is 0 Å². The Kier molecular flexibility index (Phi) is 8.55. The molecule has 0 fully saturated rings. The van der Waals surface area contributed by atoms with Crippen LogP contribution in [0.1, 0.15) is 26.2 Å². The Morgan fingerprint density at radius 2 is 2.31 bits per heavy atom. The number of ether oxygens (including phenoxy) is 1. The molecule has 76 valence electrons. The molecule has 0 unspecified atom stereocenters. The predicted octanol–water partition coefficient (Wildman–Crippen LogP) is 0.508. The van der Waals surface area contributed by atoms with Crippen molar-refractivity contribution in [2.45, 2.75) is 26.2 Å². The summed E-state index contributed by atoms with van der Waals surface area (Å²) >= 11 is 0. The maximum Gasteiger partial charge on any atom is 0.220 e. The van der Waals surface area contributed by atoms with Gasteiger partial charge in [0.15, 0.2) is 0 Å². The lowest BCUT2D eigenvalue weighted by Gasteiger charge is -2.03. The van der Waals surface area contributed by atoms with E-state index in [0.29, 0.717) is 39.0 Å². The predicted molar refractivity (Wildman–Crippen MR) is 49.4 cm³/mol. The second-order valence-electron chi connectivity index (χ2n) is 2.61. The number of aldehydes is 1.